The van der Waals surface area contributed by atoms with Gasteiger partial charge in [-0.15, -0.1) is 0 Å². The average Bonchev–Trinajstić information content (AvgIpc) is 2.87. The van der Waals surface area contributed by atoms with E-state index in [9.17, 15) is 9.59 Å². The van der Waals surface area contributed by atoms with E-state index in [1.807, 2.05) is 81.4 Å². The summed E-state index contributed by atoms with van der Waals surface area (Å²) in [6.07, 6.45) is -0.107. The Morgan fingerprint density at radius 1 is 1.11 bits per heavy atom. The summed E-state index contributed by atoms with van der Waals surface area (Å²) in [6, 6.07) is 19.5. The number of ether oxygens (including phenoxy) is 1. The van der Waals surface area contributed by atoms with Gasteiger partial charge in [-0.05, 0) is 17.5 Å². The Labute approximate surface area is 161 Å². The summed E-state index contributed by atoms with van der Waals surface area (Å²) in [4.78, 5) is 27.6. The van der Waals surface area contributed by atoms with Crippen LogP contribution in [0.2, 0.25) is 0 Å². The average molecular weight is 365 g/mol. The molecule has 4 nitrogen and oxygen atoms in total. The zero-order valence-corrected chi connectivity index (χ0v) is 16.2. The maximum Gasteiger partial charge on any atom is 0.314 e. The van der Waals surface area contributed by atoms with Crippen molar-refractivity contribution in [2.75, 3.05) is 6.54 Å². The number of amides is 1. The number of rotatable bonds is 6. The van der Waals surface area contributed by atoms with Gasteiger partial charge in [-0.1, -0.05) is 81.4 Å². The number of nitrogens with zero attached hydrogens (tertiary/aromatic N) is 1. The van der Waals surface area contributed by atoms with E-state index in [1.165, 1.54) is 0 Å². The lowest BCUT2D eigenvalue weighted by Gasteiger charge is -2.25. The molecule has 4 heteroatoms. The third-order valence-electron chi connectivity index (χ3n) is 5.19. The van der Waals surface area contributed by atoms with E-state index >= 15 is 0 Å². The van der Waals surface area contributed by atoms with E-state index in [0.29, 0.717) is 19.5 Å². The number of hydrogen-bond acceptors (Lipinski definition) is 3. The van der Waals surface area contributed by atoms with Crippen molar-refractivity contribution in [1.29, 1.82) is 0 Å². The van der Waals surface area contributed by atoms with Gasteiger partial charge in [-0.3, -0.25) is 9.59 Å². The minimum atomic E-state index is -0.744. The number of carbonyl (C=O) groups excluding carboxylic acids is 2. The lowest BCUT2D eigenvalue weighted by atomic mass is 9.89. The van der Waals surface area contributed by atoms with E-state index in [4.69, 9.17) is 4.74 Å². The quantitative estimate of drug-likeness (QED) is 0.722. The molecule has 0 N–H and O–H groups in total. The van der Waals surface area contributed by atoms with Crippen LogP contribution in [0.1, 0.15) is 44.2 Å². The molecule has 2 aromatic carbocycles. The summed E-state index contributed by atoms with van der Waals surface area (Å²) in [5.41, 5.74) is 1.58. The van der Waals surface area contributed by atoms with Crippen molar-refractivity contribution in [3.8, 4) is 0 Å². The van der Waals surface area contributed by atoms with Crippen LogP contribution in [0.4, 0.5) is 0 Å². The van der Waals surface area contributed by atoms with Gasteiger partial charge >= 0.3 is 5.97 Å². The maximum absolute atomic E-state index is 13.0. The van der Waals surface area contributed by atoms with Crippen LogP contribution in [0.15, 0.2) is 60.7 Å². The van der Waals surface area contributed by atoms with Gasteiger partial charge in [-0.2, -0.15) is 0 Å². The van der Waals surface area contributed by atoms with E-state index in [2.05, 4.69) is 0 Å². The minimum Gasteiger partial charge on any atom is -0.451 e. The van der Waals surface area contributed by atoms with Crippen LogP contribution in [0.25, 0.3) is 0 Å². The number of carbonyl (C=O) groups is 2. The molecular formula is C23H27NO3. The normalized spacial score (nSPS) is 19.7. The first kappa shape index (κ1) is 19.2. The first-order chi connectivity index (χ1) is 12.9. The fourth-order valence-electron chi connectivity index (χ4n) is 3.72. The highest BCUT2D eigenvalue weighted by atomic mass is 16.6. The number of hydrogen-bond donors (Lipinski definition) is 0. The molecule has 1 aliphatic rings. The van der Waals surface area contributed by atoms with E-state index in [-0.39, 0.29) is 17.8 Å². The zero-order valence-electron chi connectivity index (χ0n) is 16.2. The molecular weight excluding hydrogens is 338 g/mol. The molecule has 1 saturated heterocycles. The maximum atomic E-state index is 13.0. The second-order valence-electron chi connectivity index (χ2n) is 7.86. The molecule has 1 fully saturated rings. The van der Waals surface area contributed by atoms with Crippen LogP contribution in [-0.2, 0) is 20.9 Å². The second-order valence-corrected chi connectivity index (χ2v) is 7.86. The molecule has 0 radical (unpaired) electrons. The molecule has 0 aliphatic carbocycles. The molecule has 142 valence electrons. The molecule has 0 unspecified atom stereocenters. The van der Waals surface area contributed by atoms with Gasteiger partial charge in [0.1, 0.15) is 0 Å². The highest BCUT2D eigenvalue weighted by Gasteiger charge is 2.49. The van der Waals surface area contributed by atoms with Crippen LogP contribution in [0.5, 0.6) is 0 Å². The smallest absolute Gasteiger partial charge is 0.314 e. The molecule has 0 spiro atoms. The summed E-state index contributed by atoms with van der Waals surface area (Å²) >= 11 is 0. The van der Waals surface area contributed by atoms with Crippen molar-refractivity contribution in [1.82, 2.24) is 4.90 Å². The van der Waals surface area contributed by atoms with Gasteiger partial charge in [0.15, 0.2) is 6.10 Å². The minimum absolute atomic E-state index is 0.111. The predicted molar refractivity (Wildman–Crippen MR) is 105 cm³/mol. The third-order valence-corrected chi connectivity index (χ3v) is 5.19. The molecule has 2 aromatic rings. The molecule has 1 amide bonds. The topological polar surface area (TPSA) is 46.6 Å². The number of esters is 1. The summed E-state index contributed by atoms with van der Waals surface area (Å²) in [5.74, 6) is -0.783. The van der Waals surface area contributed by atoms with Gasteiger partial charge in [-0.25, -0.2) is 0 Å². The van der Waals surface area contributed by atoms with E-state index in [1.54, 1.807) is 4.90 Å². The van der Waals surface area contributed by atoms with E-state index < -0.39 is 11.5 Å². The van der Waals surface area contributed by atoms with Crippen molar-refractivity contribution in [2.45, 2.75) is 45.8 Å². The molecule has 0 aromatic heterocycles. The fraction of sp³-hybridized carbons (Fsp3) is 0.391. The third kappa shape index (κ3) is 4.21. The van der Waals surface area contributed by atoms with Crippen molar-refractivity contribution in [3.63, 3.8) is 0 Å². The van der Waals surface area contributed by atoms with Crippen LogP contribution in [0.3, 0.4) is 0 Å². The largest absolute Gasteiger partial charge is 0.451 e. The fourth-order valence-corrected chi connectivity index (χ4v) is 3.72. The summed E-state index contributed by atoms with van der Waals surface area (Å²) in [6.45, 7) is 7.03. The molecule has 27 heavy (non-hydrogen) atoms. The van der Waals surface area contributed by atoms with Gasteiger partial charge in [0, 0.05) is 18.5 Å². The Balaban J connectivity index is 1.73. The molecule has 1 heterocycles. The SMILES string of the molecule is CC[C@@H](C(=O)O[C@H]1C(=O)N(Cc2ccccc2)CC1(C)C)c1ccccc1. The predicted octanol–water partition coefficient (Wildman–Crippen LogP) is 4.16. The summed E-state index contributed by atoms with van der Waals surface area (Å²) in [7, 11) is 0. The van der Waals surface area contributed by atoms with Crippen molar-refractivity contribution < 1.29 is 14.3 Å². The molecule has 3 rings (SSSR count). The molecule has 1 aliphatic heterocycles. The highest BCUT2D eigenvalue weighted by Crippen LogP contribution is 2.35. The van der Waals surface area contributed by atoms with Crippen LogP contribution in [-0.4, -0.2) is 29.4 Å². The number of likely N-dealkylation sites (tertiary alicyclic amines) is 1. The summed E-state index contributed by atoms with van der Waals surface area (Å²) < 4.78 is 5.78. The van der Waals surface area contributed by atoms with Crippen LogP contribution >= 0.6 is 0 Å². The molecule has 2 atom stereocenters. The Kier molecular flexibility index (Phi) is 5.64. The van der Waals surface area contributed by atoms with Crippen LogP contribution in [0, 0.1) is 5.41 Å². The van der Waals surface area contributed by atoms with Crippen LogP contribution < -0.4 is 0 Å². The summed E-state index contributed by atoms with van der Waals surface area (Å²) in [5, 5.41) is 0. The van der Waals surface area contributed by atoms with Gasteiger partial charge in [0.2, 0.25) is 0 Å². The van der Waals surface area contributed by atoms with Gasteiger partial charge < -0.3 is 9.64 Å². The molecule has 0 bridgehead atoms. The first-order valence-corrected chi connectivity index (χ1v) is 9.50. The lowest BCUT2D eigenvalue weighted by Crippen LogP contribution is -2.37. The van der Waals surface area contributed by atoms with Gasteiger partial charge in [0.05, 0.1) is 5.92 Å². The lowest BCUT2D eigenvalue weighted by molar-refractivity contribution is -0.161. The Hall–Kier alpha value is -2.62. The monoisotopic (exact) mass is 365 g/mol. The standard InChI is InChI=1S/C23H27NO3/c1-4-19(18-13-9-6-10-14-18)22(26)27-20-21(25)24(16-23(20,2)3)15-17-11-7-5-8-12-17/h5-14,19-20H,4,15-16H2,1-3H3/t19-,20+/m1/s1. The Morgan fingerprint density at radius 2 is 1.70 bits per heavy atom. The zero-order chi connectivity index (χ0) is 19.4. The van der Waals surface area contributed by atoms with Crippen molar-refractivity contribution in [2.24, 2.45) is 5.41 Å². The Morgan fingerprint density at radius 3 is 2.30 bits per heavy atom. The van der Waals surface area contributed by atoms with E-state index in [0.717, 1.165) is 11.1 Å². The first-order valence-electron chi connectivity index (χ1n) is 9.50. The molecule has 0 saturated carbocycles. The van der Waals surface area contributed by atoms with Crippen molar-refractivity contribution >= 4 is 11.9 Å². The highest BCUT2D eigenvalue weighted by molar-refractivity contribution is 5.88. The van der Waals surface area contributed by atoms with Gasteiger partial charge in [0.25, 0.3) is 5.91 Å². The number of benzene rings is 2. The Bertz CT molecular complexity index is 786. The second kappa shape index (κ2) is 7.95. The van der Waals surface area contributed by atoms with Crippen molar-refractivity contribution in [3.05, 3.63) is 71.8 Å².